The summed E-state index contributed by atoms with van der Waals surface area (Å²) >= 11 is 5.53. The zero-order chi connectivity index (χ0) is 9.14. The average Bonchev–Trinajstić information content (AvgIpc) is 2.03. The van der Waals surface area contributed by atoms with Gasteiger partial charge in [0.1, 0.15) is 5.82 Å². The second kappa shape index (κ2) is 3.54. The van der Waals surface area contributed by atoms with Gasteiger partial charge in [0.15, 0.2) is 5.17 Å². The summed E-state index contributed by atoms with van der Waals surface area (Å²) in [4.78, 5) is 0. The number of nitrogens with zero attached hydrogens (tertiary/aromatic N) is 1. The molecule has 4 heteroatoms. The van der Waals surface area contributed by atoms with Crippen molar-refractivity contribution >= 4 is 16.8 Å². The predicted molar refractivity (Wildman–Crippen MR) is 45.3 cm³/mol. The molecule has 1 rings (SSSR count). The molecule has 0 fully saturated rings. The van der Waals surface area contributed by atoms with Gasteiger partial charge in [-0.05, 0) is 30.7 Å². The molecule has 0 saturated heterocycles. The lowest BCUT2D eigenvalue weighted by Crippen LogP contribution is -1.95. The van der Waals surface area contributed by atoms with Gasteiger partial charge in [0.2, 0.25) is 0 Å². The summed E-state index contributed by atoms with van der Waals surface area (Å²) in [6.07, 6.45) is 0. The molecular formula is C8H7ClFNO. The van der Waals surface area contributed by atoms with E-state index in [1.54, 1.807) is 6.92 Å². The fourth-order valence-electron chi connectivity index (χ4n) is 0.912. The van der Waals surface area contributed by atoms with Crippen LogP contribution in [0.1, 0.15) is 11.1 Å². The number of hydrogen-bond donors (Lipinski definition) is 1. The topological polar surface area (TPSA) is 32.6 Å². The van der Waals surface area contributed by atoms with Gasteiger partial charge < -0.3 is 5.21 Å². The number of benzene rings is 1. The minimum atomic E-state index is -0.335. The number of oxime groups is 1. The lowest BCUT2D eigenvalue weighted by Gasteiger charge is -2.00. The molecule has 0 spiro atoms. The number of rotatable bonds is 1. The Balaban J connectivity index is 3.18. The van der Waals surface area contributed by atoms with E-state index >= 15 is 0 Å². The van der Waals surface area contributed by atoms with Crippen molar-refractivity contribution in [3.05, 3.63) is 35.1 Å². The zero-order valence-corrected chi connectivity index (χ0v) is 7.14. The van der Waals surface area contributed by atoms with Crippen molar-refractivity contribution in [3.63, 3.8) is 0 Å². The highest BCUT2D eigenvalue weighted by Gasteiger charge is 2.04. The largest absolute Gasteiger partial charge is 0.410 e. The van der Waals surface area contributed by atoms with E-state index in [1.807, 2.05) is 0 Å². The van der Waals surface area contributed by atoms with Crippen LogP contribution in [0.5, 0.6) is 0 Å². The van der Waals surface area contributed by atoms with Crippen molar-refractivity contribution < 1.29 is 9.60 Å². The molecule has 1 N–H and O–H groups in total. The maximum atomic E-state index is 12.6. The van der Waals surface area contributed by atoms with Gasteiger partial charge in [-0.25, -0.2) is 4.39 Å². The fourth-order valence-corrected chi connectivity index (χ4v) is 1.12. The molecule has 0 heterocycles. The Kier molecular flexibility index (Phi) is 2.65. The third-order valence-electron chi connectivity index (χ3n) is 1.50. The van der Waals surface area contributed by atoms with Crippen LogP contribution in [0.25, 0.3) is 0 Å². The minimum Gasteiger partial charge on any atom is -0.410 e. The van der Waals surface area contributed by atoms with Crippen LogP contribution in [-0.4, -0.2) is 10.4 Å². The van der Waals surface area contributed by atoms with Gasteiger partial charge in [-0.1, -0.05) is 16.8 Å². The Morgan fingerprint density at radius 2 is 2.25 bits per heavy atom. The first-order chi connectivity index (χ1) is 5.65. The molecule has 2 nitrogen and oxygen atoms in total. The molecule has 1 aromatic carbocycles. The third-order valence-corrected chi connectivity index (χ3v) is 1.78. The highest BCUT2D eigenvalue weighted by atomic mass is 35.5. The van der Waals surface area contributed by atoms with Crippen LogP contribution in [0.2, 0.25) is 0 Å². The van der Waals surface area contributed by atoms with Gasteiger partial charge in [0, 0.05) is 5.56 Å². The number of halogens is 2. The van der Waals surface area contributed by atoms with Gasteiger partial charge in [-0.3, -0.25) is 0 Å². The summed E-state index contributed by atoms with van der Waals surface area (Å²) in [6.45, 7) is 1.69. The molecule has 0 aliphatic carbocycles. The predicted octanol–water partition coefficient (Wildman–Crippen LogP) is 2.51. The lowest BCUT2D eigenvalue weighted by atomic mass is 10.1. The van der Waals surface area contributed by atoms with E-state index < -0.39 is 0 Å². The standard InChI is InChI=1S/C8H7ClFNO/c1-5-4-6(10)2-3-7(5)8(9)11-12/h2-4,12H,1H3. The first kappa shape index (κ1) is 9.00. The molecule has 0 aromatic heterocycles. The maximum absolute atomic E-state index is 12.6. The molecule has 0 amide bonds. The summed E-state index contributed by atoms with van der Waals surface area (Å²) in [6, 6.07) is 4.05. The first-order valence-corrected chi connectivity index (χ1v) is 3.67. The molecule has 0 bridgehead atoms. The summed E-state index contributed by atoms with van der Waals surface area (Å²) in [7, 11) is 0. The lowest BCUT2D eigenvalue weighted by molar-refractivity contribution is 0.321. The van der Waals surface area contributed by atoms with Crippen LogP contribution in [0.15, 0.2) is 23.4 Å². The molecule has 0 atom stereocenters. The quantitative estimate of drug-likeness (QED) is 0.409. The van der Waals surface area contributed by atoms with Crippen LogP contribution in [0, 0.1) is 12.7 Å². The molecule has 1 aromatic rings. The summed E-state index contributed by atoms with van der Waals surface area (Å²) in [5.74, 6) is -0.335. The molecule has 12 heavy (non-hydrogen) atoms. The van der Waals surface area contributed by atoms with Gasteiger partial charge in [0.25, 0.3) is 0 Å². The molecule has 0 saturated carbocycles. The second-order valence-electron chi connectivity index (χ2n) is 2.35. The van der Waals surface area contributed by atoms with Gasteiger partial charge >= 0.3 is 0 Å². The van der Waals surface area contributed by atoms with E-state index in [0.29, 0.717) is 11.1 Å². The minimum absolute atomic E-state index is 0.0347. The molecule has 0 aliphatic rings. The third kappa shape index (κ3) is 1.74. The van der Waals surface area contributed by atoms with Crippen LogP contribution in [0.3, 0.4) is 0 Å². The molecule has 64 valence electrons. The van der Waals surface area contributed by atoms with Crippen LogP contribution in [-0.2, 0) is 0 Å². The van der Waals surface area contributed by atoms with E-state index in [4.69, 9.17) is 16.8 Å². The Bertz CT molecular complexity index is 325. The van der Waals surface area contributed by atoms with Crippen molar-refractivity contribution in [1.82, 2.24) is 0 Å². The number of aryl methyl sites for hydroxylation is 1. The van der Waals surface area contributed by atoms with E-state index in [-0.39, 0.29) is 11.0 Å². The van der Waals surface area contributed by atoms with Gasteiger partial charge in [0.05, 0.1) is 0 Å². The monoisotopic (exact) mass is 187 g/mol. The highest BCUT2D eigenvalue weighted by Crippen LogP contribution is 2.12. The van der Waals surface area contributed by atoms with Crippen molar-refractivity contribution in [2.45, 2.75) is 6.92 Å². The molecule has 0 unspecified atom stereocenters. The Hall–Kier alpha value is -1.09. The van der Waals surface area contributed by atoms with E-state index in [1.165, 1.54) is 18.2 Å². The molecule has 0 aliphatic heterocycles. The normalized spacial score (nSPS) is 11.8. The highest BCUT2D eigenvalue weighted by molar-refractivity contribution is 6.69. The van der Waals surface area contributed by atoms with Crippen molar-refractivity contribution in [2.75, 3.05) is 0 Å². The fraction of sp³-hybridized carbons (Fsp3) is 0.125. The van der Waals surface area contributed by atoms with Crippen molar-refractivity contribution in [3.8, 4) is 0 Å². The second-order valence-corrected chi connectivity index (χ2v) is 2.71. The summed E-state index contributed by atoms with van der Waals surface area (Å²) < 4.78 is 12.6. The van der Waals surface area contributed by atoms with Crippen LogP contribution in [0.4, 0.5) is 4.39 Å². The maximum Gasteiger partial charge on any atom is 0.175 e. The van der Waals surface area contributed by atoms with Crippen LogP contribution < -0.4 is 0 Å². The summed E-state index contributed by atoms with van der Waals surface area (Å²) in [5, 5.41) is 11.1. The van der Waals surface area contributed by atoms with Crippen molar-refractivity contribution in [1.29, 1.82) is 0 Å². The molecule has 0 radical (unpaired) electrons. The Morgan fingerprint density at radius 1 is 1.58 bits per heavy atom. The Labute approximate surface area is 74.3 Å². The van der Waals surface area contributed by atoms with E-state index in [9.17, 15) is 4.39 Å². The smallest absolute Gasteiger partial charge is 0.175 e. The van der Waals surface area contributed by atoms with Gasteiger partial charge in [-0.2, -0.15) is 0 Å². The zero-order valence-electron chi connectivity index (χ0n) is 6.38. The Morgan fingerprint density at radius 3 is 2.75 bits per heavy atom. The average molecular weight is 188 g/mol. The summed E-state index contributed by atoms with van der Waals surface area (Å²) in [5.41, 5.74) is 1.17. The first-order valence-electron chi connectivity index (χ1n) is 3.29. The number of hydrogen-bond acceptors (Lipinski definition) is 2. The van der Waals surface area contributed by atoms with Crippen molar-refractivity contribution in [2.24, 2.45) is 5.16 Å². The van der Waals surface area contributed by atoms with E-state index in [0.717, 1.165) is 0 Å². The van der Waals surface area contributed by atoms with E-state index in [2.05, 4.69) is 5.16 Å². The van der Waals surface area contributed by atoms with Crippen LogP contribution >= 0.6 is 11.6 Å². The SMILES string of the molecule is Cc1cc(F)ccc1C(Cl)=NO. The molecular weight excluding hydrogens is 181 g/mol. The van der Waals surface area contributed by atoms with Gasteiger partial charge in [-0.15, -0.1) is 0 Å².